The third-order valence-electron chi connectivity index (χ3n) is 5.37. The second-order valence-electron chi connectivity index (χ2n) is 7.67. The molecule has 0 bridgehead atoms. The third-order valence-corrected chi connectivity index (χ3v) is 5.37. The number of aromatic nitrogens is 2. The molecule has 1 aromatic heterocycles. The summed E-state index contributed by atoms with van der Waals surface area (Å²) in [5.41, 5.74) is 5.01. The van der Waals surface area contributed by atoms with E-state index in [1.807, 2.05) is 36.4 Å². The molecule has 0 saturated carbocycles. The predicted molar refractivity (Wildman–Crippen MR) is 121 cm³/mol. The lowest BCUT2D eigenvalue weighted by molar-refractivity contribution is -0.142. The molecular weight excluding hydrogens is 390 g/mol. The van der Waals surface area contributed by atoms with Crippen LogP contribution in [0.25, 0.3) is 22.5 Å². The number of fused-ring (bicyclic) bond motifs is 1. The van der Waals surface area contributed by atoms with Gasteiger partial charge in [0.2, 0.25) is 0 Å². The number of hydrogen-bond donors (Lipinski definition) is 1. The van der Waals surface area contributed by atoms with Gasteiger partial charge < -0.3 is 14.7 Å². The Morgan fingerprint density at radius 1 is 0.935 bits per heavy atom. The van der Waals surface area contributed by atoms with Crippen molar-refractivity contribution in [1.29, 1.82) is 0 Å². The van der Waals surface area contributed by atoms with Crippen LogP contribution in [0.2, 0.25) is 0 Å². The molecule has 1 aliphatic heterocycles. The summed E-state index contributed by atoms with van der Waals surface area (Å²) in [6.45, 7) is 2.04. The van der Waals surface area contributed by atoms with Crippen molar-refractivity contribution in [2.75, 3.05) is 31.2 Å². The number of carboxylic acid groups (broad SMARTS) is 1. The summed E-state index contributed by atoms with van der Waals surface area (Å²) < 4.78 is 5.15. The molecular formula is C25H27N3O3. The molecule has 1 N–H and O–H groups in total. The Bertz CT molecular complexity index is 1010. The number of ether oxygens (including phenoxy) is 1. The molecule has 3 aromatic rings. The Hall–Kier alpha value is -3.25. The Labute approximate surface area is 182 Å². The van der Waals surface area contributed by atoms with Crippen LogP contribution in [0.15, 0.2) is 60.7 Å². The average Bonchev–Trinajstić information content (AvgIpc) is 2.81. The molecule has 6 nitrogen and oxygen atoms in total. The Balaban J connectivity index is 1.59. The highest BCUT2D eigenvalue weighted by atomic mass is 16.5. The number of aliphatic carboxylic acids is 1. The highest BCUT2D eigenvalue weighted by Gasteiger charge is 2.23. The number of hydrogen-bond acceptors (Lipinski definition) is 5. The normalized spacial score (nSPS) is 13.1. The molecule has 0 spiro atoms. The number of anilines is 1. The second-order valence-corrected chi connectivity index (χ2v) is 7.67. The van der Waals surface area contributed by atoms with Crippen LogP contribution in [-0.2, 0) is 16.0 Å². The number of unbranched alkanes of at least 4 members (excludes halogenated alkanes) is 1. The van der Waals surface area contributed by atoms with Crippen molar-refractivity contribution in [3.8, 4) is 22.5 Å². The van der Waals surface area contributed by atoms with E-state index in [2.05, 4.69) is 29.2 Å². The molecule has 0 amide bonds. The zero-order valence-electron chi connectivity index (χ0n) is 17.5. The van der Waals surface area contributed by atoms with Crippen LogP contribution >= 0.6 is 0 Å². The van der Waals surface area contributed by atoms with Gasteiger partial charge in [-0.05, 0) is 25.7 Å². The Morgan fingerprint density at radius 3 is 2.23 bits per heavy atom. The minimum atomic E-state index is -0.928. The molecule has 2 aromatic carbocycles. The predicted octanol–water partition coefficient (Wildman–Crippen LogP) is 4.44. The summed E-state index contributed by atoms with van der Waals surface area (Å²) >= 11 is 0. The van der Waals surface area contributed by atoms with E-state index in [0.717, 1.165) is 72.8 Å². The topological polar surface area (TPSA) is 75.6 Å². The van der Waals surface area contributed by atoms with Crippen molar-refractivity contribution in [2.45, 2.75) is 25.7 Å². The van der Waals surface area contributed by atoms with Gasteiger partial charge in [0, 0.05) is 30.8 Å². The quantitative estimate of drug-likeness (QED) is 0.519. The van der Waals surface area contributed by atoms with Gasteiger partial charge in [0.1, 0.15) is 6.61 Å². The van der Waals surface area contributed by atoms with Crippen molar-refractivity contribution >= 4 is 11.8 Å². The average molecular weight is 418 g/mol. The number of carbonyl (C=O) groups is 1. The molecule has 4 rings (SSSR count). The van der Waals surface area contributed by atoms with E-state index < -0.39 is 5.97 Å². The van der Waals surface area contributed by atoms with Gasteiger partial charge in [0.15, 0.2) is 5.82 Å². The van der Waals surface area contributed by atoms with Gasteiger partial charge in [0.25, 0.3) is 0 Å². The van der Waals surface area contributed by atoms with E-state index in [4.69, 9.17) is 19.8 Å². The lowest BCUT2D eigenvalue weighted by Crippen LogP contribution is -2.32. The molecule has 31 heavy (non-hydrogen) atoms. The van der Waals surface area contributed by atoms with E-state index in [1.54, 1.807) is 0 Å². The minimum Gasteiger partial charge on any atom is -0.480 e. The van der Waals surface area contributed by atoms with Crippen molar-refractivity contribution in [3.05, 3.63) is 66.4 Å². The summed E-state index contributed by atoms with van der Waals surface area (Å²) in [7, 11) is 0. The standard InChI is InChI=1S/C25H27N3O3/c29-22(30)18-31-17-8-7-15-28-16-9-14-21-25(28)27-24(20-12-5-2-6-13-20)23(26-21)19-10-3-1-4-11-19/h1-6,10-13H,7-9,14-18H2,(H,29,30). The number of carboxylic acids is 1. The summed E-state index contributed by atoms with van der Waals surface area (Å²) in [6.07, 6.45) is 3.72. The van der Waals surface area contributed by atoms with Gasteiger partial charge in [-0.25, -0.2) is 14.8 Å². The molecule has 0 aliphatic carbocycles. The van der Waals surface area contributed by atoms with Gasteiger partial charge in [-0.2, -0.15) is 0 Å². The number of rotatable bonds is 9. The van der Waals surface area contributed by atoms with Crippen molar-refractivity contribution in [3.63, 3.8) is 0 Å². The van der Waals surface area contributed by atoms with Gasteiger partial charge in [-0.15, -0.1) is 0 Å². The maximum atomic E-state index is 10.5. The summed E-state index contributed by atoms with van der Waals surface area (Å²) in [5, 5.41) is 8.66. The van der Waals surface area contributed by atoms with E-state index in [-0.39, 0.29) is 6.61 Å². The second kappa shape index (κ2) is 10.2. The maximum absolute atomic E-state index is 10.5. The zero-order valence-corrected chi connectivity index (χ0v) is 17.5. The monoisotopic (exact) mass is 417 g/mol. The SMILES string of the molecule is O=C(O)COCCCCN1CCCc2nc(-c3ccccc3)c(-c3ccccc3)nc21. The van der Waals surface area contributed by atoms with Crippen LogP contribution in [0.5, 0.6) is 0 Å². The molecule has 1 aliphatic rings. The zero-order chi connectivity index (χ0) is 21.5. The Morgan fingerprint density at radius 2 is 1.58 bits per heavy atom. The molecule has 160 valence electrons. The van der Waals surface area contributed by atoms with Gasteiger partial charge >= 0.3 is 5.97 Å². The molecule has 0 fully saturated rings. The van der Waals surface area contributed by atoms with Gasteiger partial charge in [0.05, 0.1) is 17.1 Å². The van der Waals surface area contributed by atoms with Crippen molar-refractivity contribution in [2.24, 2.45) is 0 Å². The lowest BCUT2D eigenvalue weighted by atomic mass is 10.0. The van der Waals surface area contributed by atoms with Crippen LogP contribution < -0.4 is 4.90 Å². The first-order valence-electron chi connectivity index (χ1n) is 10.8. The molecule has 6 heteroatoms. The first kappa shape index (κ1) is 21.0. The largest absolute Gasteiger partial charge is 0.480 e. The van der Waals surface area contributed by atoms with Crippen LogP contribution in [0.3, 0.4) is 0 Å². The number of aryl methyl sites for hydroxylation is 1. The first-order valence-corrected chi connectivity index (χ1v) is 10.8. The van der Waals surface area contributed by atoms with Crippen molar-refractivity contribution < 1.29 is 14.6 Å². The van der Waals surface area contributed by atoms with E-state index >= 15 is 0 Å². The van der Waals surface area contributed by atoms with E-state index in [0.29, 0.717) is 6.61 Å². The summed E-state index contributed by atoms with van der Waals surface area (Å²) in [4.78, 5) is 23.1. The fraction of sp³-hybridized carbons (Fsp3) is 0.320. The summed E-state index contributed by atoms with van der Waals surface area (Å²) in [6, 6.07) is 20.5. The molecule has 0 radical (unpaired) electrons. The lowest BCUT2D eigenvalue weighted by Gasteiger charge is -2.30. The van der Waals surface area contributed by atoms with Crippen molar-refractivity contribution in [1.82, 2.24) is 9.97 Å². The number of benzene rings is 2. The van der Waals surface area contributed by atoms with E-state index in [1.165, 1.54) is 0 Å². The third kappa shape index (κ3) is 5.27. The summed E-state index contributed by atoms with van der Waals surface area (Å²) in [5.74, 6) is 0.0409. The van der Waals surface area contributed by atoms with Crippen LogP contribution in [0.4, 0.5) is 5.82 Å². The van der Waals surface area contributed by atoms with Gasteiger partial charge in [-0.3, -0.25) is 0 Å². The molecule has 2 heterocycles. The highest BCUT2D eigenvalue weighted by Crippen LogP contribution is 2.34. The smallest absolute Gasteiger partial charge is 0.329 e. The molecule has 0 unspecified atom stereocenters. The highest BCUT2D eigenvalue weighted by molar-refractivity contribution is 5.79. The Kier molecular flexibility index (Phi) is 6.89. The minimum absolute atomic E-state index is 0.235. The van der Waals surface area contributed by atoms with Gasteiger partial charge in [-0.1, -0.05) is 60.7 Å². The number of nitrogens with zero attached hydrogens (tertiary/aromatic N) is 3. The molecule has 0 saturated heterocycles. The fourth-order valence-corrected chi connectivity index (χ4v) is 3.90. The van der Waals surface area contributed by atoms with Crippen LogP contribution in [0, 0.1) is 0 Å². The molecule has 0 atom stereocenters. The van der Waals surface area contributed by atoms with E-state index in [9.17, 15) is 4.79 Å². The first-order chi connectivity index (χ1) is 15.2. The van der Waals surface area contributed by atoms with Crippen LogP contribution in [-0.4, -0.2) is 47.3 Å². The fourth-order valence-electron chi connectivity index (χ4n) is 3.90. The maximum Gasteiger partial charge on any atom is 0.329 e. The van der Waals surface area contributed by atoms with Crippen LogP contribution in [0.1, 0.15) is 25.0 Å².